The summed E-state index contributed by atoms with van der Waals surface area (Å²) < 4.78 is 0. The molecular weight excluding hydrogens is 310 g/mol. The summed E-state index contributed by atoms with van der Waals surface area (Å²) in [6, 6.07) is 8.57. The largest absolute Gasteiger partial charge is 0.372 e. The zero-order chi connectivity index (χ0) is 17.8. The highest BCUT2D eigenvalue weighted by Gasteiger charge is 2.41. The predicted octanol–water partition coefficient (Wildman–Crippen LogP) is 3.89. The number of hydrogen-bond acceptors (Lipinski definition) is 3. The summed E-state index contributed by atoms with van der Waals surface area (Å²) in [4.78, 5) is 14.5. The lowest BCUT2D eigenvalue weighted by molar-refractivity contribution is -0.115. The number of anilines is 2. The maximum atomic E-state index is 12.2. The van der Waals surface area contributed by atoms with Crippen molar-refractivity contribution in [3.63, 3.8) is 0 Å². The van der Waals surface area contributed by atoms with Crippen molar-refractivity contribution in [3.8, 4) is 0 Å². The first-order valence-corrected chi connectivity index (χ1v) is 9.99. The number of carbonyl (C=O) groups is 1. The van der Waals surface area contributed by atoms with Gasteiger partial charge in [0.25, 0.3) is 0 Å². The summed E-state index contributed by atoms with van der Waals surface area (Å²) >= 11 is 0. The van der Waals surface area contributed by atoms with Gasteiger partial charge < -0.3 is 15.5 Å². The van der Waals surface area contributed by atoms with Crippen LogP contribution >= 0.6 is 0 Å². The highest BCUT2D eigenvalue weighted by Crippen LogP contribution is 2.49. The zero-order valence-electron chi connectivity index (χ0n) is 15.9. The van der Waals surface area contributed by atoms with Gasteiger partial charge in [0.05, 0.1) is 6.54 Å². The van der Waals surface area contributed by atoms with Gasteiger partial charge in [-0.05, 0) is 82.1 Å². The molecule has 4 heteroatoms. The lowest BCUT2D eigenvalue weighted by atomic mass is 9.84. The number of nitrogens with zero attached hydrogens (tertiary/aromatic N) is 1. The zero-order valence-corrected chi connectivity index (χ0v) is 15.9. The second-order valence-electron chi connectivity index (χ2n) is 7.78. The molecule has 0 aliphatic heterocycles. The number of rotatable bonds is 8. The highest BCUT2D eigenvalue weighted by molar-refractivity contribution is 5.92. The van der Waals surface area contributed by atoms with Crippen LogP contribution in [0, 0.1) is 17.8 Å². The molecule has 2 saturated carbocycles. The van der Waals surface area contributed by atoms with Gasteiger partial charge in [0.2, 0.25) is 5.91 Å². The highest BCUT2D eigenvalue weighted by atomic mass is 16.1. The average Bonchev–Trinajstić information content (AvgIpc) is 3.25. The van der Waals surface area contributed by atoms with Gasteiger partial charge in [0.1, 0.15) is 0 Å². The van der Waals surface area contributed by atoms with E-state index in [9.17, 15) is 4.79 Å². The molecule has 1 aromatic rings. The minimum Gasteiger partial charge on any atom is -0.372 e. The minimum atomic E-state index is 0.0468. The molecule has 0 radical (unpaired) electrons. The van der Waals surface area contributed by atoms with Crippen LogP contribution in [0.2, 0.25) is 0 Å². The Balaban J connectivity index is 1.44. The van der Waals surface area contributed by atoms with Gasteiger partial charge in [-0.25, -0.2) is 0 Å². The standard InChI is InChI=1S/C21H33N3O/c1-4-24(5-2)19-10-8-18(9-11-19)23-21(25)14-22-15(3)20-13-16-6-7-17(20)12-16/h8-11,15-17,20,22H,4-7,12-14H2,1-3H3,(H,23,25)/t15-,16+,17+,20+/m1/s1. The molecule has 2 N–H and O–H groups in total. The molecule has 0 spiro atoms. The molecule has 2 fully saturated rings. The van der Waals surface area contributed by atoms with Gasteiger partial charge in [-0.15, -0.1) is 0 Å². The first-order chi connectivity index (χ1) is 12.1. The van der Waals surface area contributed by atoms with Crippen LogP contribution in [-0.2, 0) is 4.79 Å². The first kappa shape index (κ1) is 18.2. The lowest BCUT2D eigenvalue weighted by Gasteiger charge is -2.28. The Hall–Kier alpha value is -1.55. The number of benzene rings is 1. The summed E-state index contributed by atoms with van der Waals surface area (Å²) in [6.07, 6.45) is 5.60. The van der Waals surface area contributed by atoms with E-state index in [1.54, 1.807) is 0 Å². The second kappa shape index (κ2) is 8.22. The maximum Gasteiger partial charge on any atom is 0.238 e. The van der Waals surface area contributed by atoms with Crippen LogP contribution in [0.1, 0.15) is 46.5 Å². The molecule has 25 heavy (non-hydrogen) atoms. The van der Waals surface area contributed by atoms with Gasteiger partial charge >= 0.3 is 0 Å². The molecule has 138 valence electrons. The van der Waals surface area contributed by atoms with Crippen molar-refractivity contribution in [2.75, 3.05) is 29.9 Å². The minimum absolute atomic E-state index is 0.0468. The molecule has 4 nitrogen and oxygen atoms in total. The molecule has 0 saturated heterocycles. The smallest absolute Gasteiger partial charge is 0.238 e. The molecule has 0 aromatic heterocycles. The summed E-state index contributed by atoms with van der Waals surface area (Å²) in [5, 5.41) is 6.46. The summed E-state index contributed by atoms with van der Waals surface area (Å²) in [7, 11) is 0. The van der Waals surface area contributed by atoms with Crippen LogP contribution in [0.4, 0.5) is 11.4 Å². The molecule has 3 rings (SSSR count). The fourth-order valence-corrected chi connectivity index (χ4v) is 4.86. The molecule has 2 bridgehead atoms. The van der Waals surface area contributed by atoms with Gasteiger partial charge in [0, 0.05) is 30.5 Å². The third-order valence-electron chi connectivity index (χ3n) is 6.30. The van der Waals surface area contributed by atoms with Gasteiger partial charge in [-0.2, -0.15) is 0 Å². The van der Waals surface area contributed by atoms with E-state index in [0.29, 0.717) is 12.6 Å². The summed E-state index contributed by atoms with van der Waals surface area (Å²) in [5.41, 5.74) is 2.07. The van der Waals surface area contributed by atoms with Crippen molar-refractivity contribution in [2.45, 2.75) is 52.5 Å². The molecule has 2 aliphatic rings. The number of carbonyl (C=O) groups excluding carboxylic acids is 1. The maximum absolute atomic E-state index is 12.2. The van der Waals surface area contributed by atoms with Crippen LogP contribution < -0.4 is 15.5 Å². The van der Waals surface area contributed by atoms with E-state index in [1.165, 1.54) is 31.4 Å². The van der Waals surface area contributed by atoms with Crippen LogP contribution in [0.15, 0.2) is 24.3 Å². The molecule has 2 aliphatic carbocycles. The molecule has 4 atom stereocenters. The Morgan fingerprint density at radius 1 is 1.16 bits per heavy atom. The number of fused-ring (bicyclic) bond motifs is 2. The van der Waals surface area contributed by atoms with E-state index in [-0.39, 0.29) is 5.91 Å². The molecule has 1 amide bonds. The van der Waals surface area contributed by atoms with Crippen molar-refractivity contribution in [1.29, 1.82) is 0 Å². The van der Waals surface area contributed by atoms with Crippen LogP contribution in [0.3, 0.4) is 0 Å². The average molecular weight is 344 g/mol. The Morgan fingerprint density at radius 3 is 2.44 bits per heavy atom. The van der Waals surface area contributed by atoms with Gasteiger partial charge in [0.15, 0.2) is 0 Å². The number of amides is 1. The van der Waals surface area contributed by atoms with Crippen LogP contribution in [0.25, 0.3) is 0 Å². The van der Waals surface area contributed by atoms with Crippen molar-refractivity contribution < 1.29 is 4.79 Å². The Morgan fingerprint density at radius 2 is 1.88 bits per heavy atom. The van der Waals surface area contributed by atoms with E-state index < -0.39 is 0 Å². The normalized spacial score (nSPS) is 25.8. The third-order valence-corrected chi connectivity index (χ3v) is 6.30. The number of nitrogens with one attached hydrogen (secondary N) is 2. The summed E-state index contributed by atoms with van der Waals surface area (Å²) in [5.74, 6) is 2.66. The van der Waals surface area contributed by atoms with E-state index in [1.807, 2.05) is 12.1 Å². The molecular formula is C21H33N3O. The van der Waals surface area contributed by atoms with Crippen LogP contribution in [-0.4, -0.2) is 31.6 Å². The van der Waals surface area contributed by atoms with E-state index in [4.69, 9.17) is 0 Å². The van der Waals surface area contributed by atoms with Gasteiger partial charge in [-0.3, -0.25) is 4.79 Å². The lowest BCUT2D eigenvalue weighted by Crippen LogP contribution is -2.40. The second-order valence-corrected chi connectivity index (χ2v) is 7.78. The SMILES string of the molecule is CCN(CC)c1ccc(NC(=O)CN[C@H](C)[C@@H]2C[C@H]3CC[C@H]2C3)cc1. The predicted molar refractivity (Wildman–Crippen MR) is 105 cm³/mol. The monoisotopic (exact) mass is 343 g/mol. The number of hydrogen-bond donors (Lipinski definition) is 2. The van der Waals surface area contributed by atoms with Crippen molar-refractivity contribution in [3.05, 3.63) is 24.3 Å². The Labute approximate surface area is 152 Å². The molecule has 0 heterocycles. The van der Waals surface area contributed by atoms with E-state index in [2.05, 4.69) is 48.4 Å². The quantitative estimate of drug-likeness (QED) is 0.753. The Bertz CT molecular complexity index is 567. The molecule has 0 unspecified atom stereocenters. The van der Waals surface area contributed by atoms with Crippen LogP contribution in [0.5, 0.6) is 0 Å². The first-order valence-electron chi connectivity index (χ1n) is 9.99. The fraction of sp³-hybridized carbons (Fsp3) is 0.667. The Kier molecular flexibility index (Phi) is 6.00. The molecule has 1 aromatic carbocycles. The van der Waals surface area contributed by atoms with Gasteiger partial charge in [-0.1, -0.05) is 6.42 Å². The summed E-state index contributed by atoms with van der Waals surface area (Å²) in [6.45, 7) is 8.94. The third kappa shape index (κ3) is 4.35. The topological polar surface area (TPSA) is 44.4 Å². The van der Waals surface area contributed by atoms with E-state index >= 15 is 0 Å². The fourth-order valence-electron chi connectivity index (χ4n) is 4.86. The van der Waals surface area contributed by atoms with Crippen molar-refractivity contribution >= 4 is 17.3 Å². The van der Waals surface area contributed by atoms with E-state index in [0.717, 1.165) is 36.5 Å². The van der Waals surface area contributed by atoms with Crippen molar-refractivity contribution in [2.24, 2.45) is 17.8 Å². The van der Waals surface area contributed by atoms with Crippen molar-refractivity contribution in [1.82, 2.24) is 5.32 Å².